The number of benzene rings is 1. The summed E-state index contributed by atoms with van der Waals surface area (Å²) in [6, 6.07) is 7.98. The smallest absolute Gasteiger partial charge is 0.341 e. The van der Waals surface area contributed by atoms with Gasteiger partial charge in [0.05, 0.1) is 30.5 Å². The van der Waals surface area contributed by atoms with Gasteiger partial charge in [0, 0.05) is 18.5 Å². The van der Waals surface area contributed by atoms with Crippen molar-refractivity contribution in [2.45, 2.75) is 31.8 Å². The van der Waals surface area contributed by atoms with Gasteiger partial charge in [0.15, 0.2) is 12.0 Å². The summed E-state index contributed by atoms with van der Waals surface area (Å²) in [5.74, 6) is 0.103. The standard InChI is InChI=1S/C25H24N3O4S3.ClH/c1-5-28-21(13-20-27(9-11-33-20)14-18-16(8-10-32-18)25(30)31-4)35-22(23(28)29)24-26(3)17-12-15(2)6-7-19(17)34-24;/h6-13H,5,14H2,1-4H3;1H/q+1;/p-1/b24-22+;. The summed E-state index contributed by atoms with van der Waals surface area (Å²) in [6.07, 6.45) is 5.46. The van der Waals surface area contributed by atoms with Crippen LogP contribution in [0.4, 0.5) is 5.69 Å². The number of hydrogen-bond acceptors (Lipinski definition) is 8. The van der Waals surface area contributed by atoms with E-state index in [1.54, 1.807) is 29.2 Å². The largest absolute Gasteiger partial charge is 1.00 e. The van der Waals surface area contributed by atoms with Crippen LogP contribution in [0, 0.1) is 6.92 Å². The molecule has 0 radical (unpaired) electrons. The molecule has 7 nitrogen and oxygen atoms in total. The molecule has 1 aromatic carbocycles. The van der Waals surface area contributed by atoms with Crippen molar-refractivity contribution in [3.05, 3.63) is 83.5 Å². The van der Waals surface area contributed by atoms with Gasteiger partial charge >= 0.3 is 5.97 Å². The van der Waals surface area contributed by atoms with Gasteiger partial charge in [-0.2, -0.15) is 4.57 Å². The molecule has 0 bridgehead atoms. The number of carbonyl (C=O) groups excluding carboxylic acids is 1. The number of rotatable bonds is 5. The van der Waals surface area contributed by atoms with E-state index in [0.717, 1.165) is 29.8 Å². The second-order valence-electron chi connectivity index (χ2n) is 8.02. The lowest BCUT2D eigenvalue weighted by Gasteiger charge is -2.12. The summed E-state index contributed by atoms with van der Waals surface area (Å²) >= 11 is 4.71. The van der Waals surface area contributed by atoms with E-state index < -0.39 is 5.97 Å². The Balaban J connectivity index is 0.00000304. The minimum absolute atomic E-state index is 0. The summed E-state index contributed by atoms with van der Waals surface area (Å²) in [7, 11) is 3.37. The molecular weight excluding hydrogens is 538 g/mol. The first-order valence-corrected chi connectivity index (χ1v) is 13.5. The molecule has 0 fully saturated rings. The Morgan fingerprint density at radius 3 is 2.83 bits per heavy atom. The maximum absolute atomic E-state index is 13.4. The van der Waals surface area contributed by atoms with Crippen LogP contribution in [0.5, 0.6) is 0 Å². The summed E-state index contributed by atoms with van der Waals surface area (Å²) < 4.78 is 15.8. The predicted molar refractivity (Wildman–Crippen MR) is 140 cm³/mol. The number of furan rings is 1. The second-order valence-corrected chi connectivity index (χ2v) is 11.0. The van der Waals surface area contributed by atoms with Crippen LogP contribution < -0.4 is 36.6 Å². The lowest BCUT2D eigenvalue weighted by molar-refractivity contribution is -0.686. The van der Waals surface area contributed by atoms with E-state index in [1.165, 1.54) is 30.3 Å². The molecule has 0 atom stereocenters. The van der Waals surface area contributed by atoms with E-state index >= 15 is 0 Å². The van der Waals surface area contributed by atoms with Crippen LogP contribution in [-0.4, -0.2) is 24.7 Å². The van der Waals surface area contributed by atoms with Crippen molar-refractivity contribution in [2.75, 3.05) is 19.1 Å². The van der Waals surface area contributed by atoms with Crippen molar-refractivity contribution in [3.8, 4) is 0 Å². The van der Waals surface area contributed by atoms with Gasteiger partial charge in [-0.1, -0.05) is 29.2 Å². The number of carbonyl (C=O) groups is 1. The third kappa shape index (κ3) is 4.66. The Morgan fingerprint density at radius 1 is 1.28 bits per heavy atom. The van der Waals surface area contributed by atoms with Crippen molar-refractivity contribution >= 4 is 57.2 Å². The number of methoxy groups -OCH3 is 1. The van der Waals surface area contributed by atoms with Crippen molar-refractivity contribution in [1.82, 2.24) is 4.57 Å². The number of ether oxygens (including phenoxy) is 1. The topological polar surface area (TPSA) is 68.6 Å². The molecule has 4 heterocycles. The molecule has 0 saturated carbocycles. The third-order valence-electron chi connectivity index (χ3n) is 5.83. The number of aromatic nitrogens is 2. The van der Waals surface area contributed by atoms with Crippen molar-refractivity contribution < 1.29 is 30.9 Å². The number of anilines is 1. The van der Waals surface area contributed by atoms with Gasteiger partial charge in [-0.3, -0.25) is 9.36 Å². The van der Waals surface area contributed by atoms with Crippen LogP contribution in [0.15, 0.2) is 56.2 Å². The molecule has 0 saturated heterocycles. The number of esters is 1. The number of thioether (sulfide) groups is 1. The molecule has 1 aliphatic heterocycles. The maximum atomic E-state index is 13.4. The minimum atomic E-state index is -0.427. The van der Waals surface area contributed by atoms with Crippen molar-refractivity contribution in [3.63, 3.8) is 0 Å². The molecule has 5 rings (SSSR count). The molecule has 0 aliphatic carbocycles. The lowest BCUT2D eigenvalue weighted by Crippen LogP contribution is -3.00. The molecule has 0 spiro atoms. The Morgan fingerprint density at radius 2 is 2.08 bits per heavy atom. The highest BCUT2D eigenvalue weighted by atomic mass is 35.5. The number of nitrogens with zero attached hydrogens (tertiary/aromatic N) is 3. The normalized spacial score (nSPS) is 14.7. The highest BCUT2D eigenvalue weighted by Crippen LogP contribution is 2.45. The zero-order valence-electron chi connectivity index (χ0n) is 20.1. The number of thiazole rings is 2. The Kier molecular flexibility index (Phi) is 7.79. The minimum Gasteiger partial charge on any atom is -1.00 e. The Bertz CT molecular complexity index is 1620. The van der Waals surface area contributed by atoms with Crippen LogP contribution >= 0.6 is 34.4 Å². The van der Waals surface area contributed by atoms with E-state index in [-0.39, 0.29) is 18.0 Å². The predicted octanol–water partition coefficient (Wildman–Crippen LogP) is 0.156. The zero-order chi connectivity index (χ0) is 24.7. The van der Waals surface area contributed by atoms with Crippen LogP contribution in [0.3, 0.4) is 0 Å². The van der Waals surface area contributed by atoms with Crippen LogP contribution in [0.1, 0.15) is 33.6 Å². The van der Waals surface area contributed by atoms with Gasteiger partial charge in [-0.15, -0.1) is 11.3 Å². The van der Waals surface area contributed by atoms with E-state index in [1.807, 2.05) is 40.8 Å². The first kappa shape index (κ1) is 26.3. The molecule has 0 unspecified atom stereocenters. The van der Waals surface area contributed by atoms with E-state index in [4.69, 9.17) is 9.15 Å². The molecule has 0 amide bonds. The van der Waals surface area contributed by atoms with Crippen LogP contribution in [0.25, 0.3) is 11.1 Å². The van der Waals surface area contributed by atoms with E-state index in [0.29, 0.717) is 24.4 Å². The third-order valence-corrected chi connectivity index (χ3v) is 9.17. The molecule has 11 heteroatoms. The van der Waals surface area contributed by atoms with E-state index in [9.17, 15) is 9.59 Å². The summed E-state index contributed by atoms with van der Waals surface area (Å²) in [6.45, 7) is 5.01. The van der Waals surface area contributed by atoms with Crippen LogP contribution in [0.2, 0.25) is 0 Å². The fourth-order valence-electron chi connectivity index (χ4n) is 4.00. The van der Waals surface area contributed by atoms with Gasteiger partial charge in [0.25, 0.3) is 10.6 Å². The zero-order valence-corrected chi connectivity index (χ0v) is 23.3. The highest BCUT2D eigenvalue weighted by Gasteiger charge is 2.25. The summed E-state index contributed by atoms with van der Waals surface area (Å²) in [5.41, 5.74) is 2.75. The second kappa shape index (κ2) is 10.7. The molecule has 36 heavy (non-hydrogen) atoms. The Hall–Kier alpha value is -2.79. The van der Waals surface area contributed by atoms with E-state index in [2.05, 4.69) is 30.0 Å². The monoisotopic (exact) mass is 561 g/mol. The fourth-order valence-corrected chi connectivity index (χ4v) is 7.30. The van der Waals surface area contributed by atoms with Gasteiger partial charge in [0.2, 0.25) is 6.54 Å². The van der Waals surface area contributed by atoms with Gasteiger partial charge in [0.1, 0.15) is 19.8 Å². The van der Waals surface area contributed by atoms with Gasteiger partial charge < -0.3 is 26.5 Å². The van der Waals surface area contributed by atoms with Crippen molar-refractivity contribution in [1.29, 1.82) is 0 Å². The first-order chi connectivity index (χ1) is 16.9. The number of halogens is 1. The lowest BCUT2D eigenvalue weighted by atomic mass is 10.2. The highest BCUT2D eigenvalue weighted by molar-refractivity contribution is 8.08. The number of aryl methyl sites for hydroxylation is 1. The molecule has 0 N–H and O–H groups in total. The SMILES string of the molecule is CCn1c(=O)/c(=C2\Sc3ccc(C)cc3N2C)s/c1=C\c1scc[n+]1Cc1occc1C(=O)OC.[Cl-]. The average Bonchev–Trinajstić information content (AvgIpc) is 3.62. The van der Waals surface area contributed by atoms with Crippen LogP contribution in [-0.2, 0) is 17.8 Å². The van der Waals surface area contributed by atoms with Gasteiger partial charge in [-0.05, 0) is 37.6 Å². The quantitative estimate of drug-likeness (QED) is 0.255. The molecule has 4 aromatic rings. The number of hydrogen-bond donors (Lipinski definition) is 0. The number of fused-ring (bicyclic) bond motifs is 1. The fraction of sp³-hybridized carbons (Fsp3) is 0.240. The van der Waals surface area contributed by atoms with Crippen molar-refractivity contribution in [2.24, 2.45) is 0 Å². The molecule has 188 valence electrons. The van der Waals surface area contributed by atoms with Gasteiger partial charge in [-0.25, -0.2) is 4.79 Å². The molecular formula is C25H24ClN3O4S3. The molecule has 3 aromatic heterocycles. The summed E-state index contributed by atoms with van der Waals surface area (Å²) in [4.78, 5) is 28.7. The average molecular weight is 562 g/mol. The Labute approximate surface area is 226 Å². The maximum Gasteiger partial charge on any atom is 0.341 e. The summed E-state index contributed by atoms with van der Waals surface area (Å²) in [5, 5.41) is 3.88. The molecule has 1 aliphatic rings. The first-order valence-electron chi connectivity index (χ1n) is 11.0.